The van der Waals surface area contributed by atoms with Gasteiger partial charge in [0.25, 0.3) is 5.91 Å². The molecule has 30 heavy (non-hydrogen) atoms. The molecule has 1 unspecified atom stereocenters. The van der Waals surface area contributed by atoms with Crippen molar-refractivity contribution < 1.29 is 9.53 Å². The van der Waals surface area contributed by atoms with Gasteiger partial charge in [-0.1, -0.05) is 55.8 Å². The van der Waals surface area contributed by atoms with Gasteiger partial charge < -0.3 is 10.1 Å². The minimum Gasteiger partial charge on any atom is -0.483 e. The zero-order chi connectivity index (χ0) is 22.1. The molecule has 0 bridgehead atoms. The third kappa shape index (κ3) is 5.11. The van der Waals surface area contributed by atoms with Crippen molar-refractivity contribution in [3.8, 4) is 11.8 Å². The lowest BCUT2D eigenvalue weighted by Gasteiger charge is -2.24. The fourth-order valence-electron chi connectivity index (χ4n) is 3.67. The molecule has 0 radical (unpaired) electrons. The fraction of sp³-hybridized carbons (Fsp3) is 0.435. The van der Waals surface area contributed by atoms with Crippen LogP contribution < -0.4 is 10.1 Å². The first-order valence-corrected chi connectivity index (χ1v) is 11.9. The van der Waals surface area contributed by atoms with E-state index in [0.717, 1.165) is 44.2 Å². The molecule has 3 rings (SSSR count). The van der Waals surface area contributed by atoms with Crippen molar-refractivity contribution in [3.05, 3.63) is 48.7 Å². The number of nitriles is 1. The number of hydrogen-bond acceptors (Lipinski definition) is 5. The Hall–Kier alpha value is -1.75. The summed E-state index contributed by atoms with van der Waals surface area (Å²) >= 11 is 10.4. The Morgan fingerprint density at radius 2 is 2.13 bits per heavy atom. The van der Waals surface area contributed by atoms with Crippen LogP contribution in [0.15, 0.2) is 22.7 Å². The molecular weight excluding hydrogens is 480 g/mol. The first-order valence-electron chi connectivity index (χ1n) is 9.91. The average Bonchev–Trinajstić information content (AvgIpc) is 2.67. The van der Waals surface area contributed by atoms with E-state index in [0.29, 0.717) is 22.2 Å². The summed E-state index contributed by atoms with van der Waals surface area (Å²) in [7, 11) is 0. The number of fused-ring (bicyclic) bond motifs is 1. The van der Waals surface area contributed by atoms with E-state index in [2.05, 4.69) is 55.0 Å². The summed E-state index contributed by atoms with van der Waals surface area (Å²) in [6, 6.07) is 8.05. The summed E-state index contributed by atoms with van der Waals surface area (Å²) < 4.78 is 7.57. The summed E-state index contributed by atoms with van der Waals surface area (Å²) in [5.41, 5.74) is 3.53. The third-order valence-electron chi connectivity index (χ3n) is 5.25. The van der Waals surface area contributed by atoms with Crippen LogP contribution >= 0.6 is 39.5 Å². The number of carbonyl (C=O) groups excluding carboxylic acids is 1. The second kappa shape index (κ2) is 9.17. The minimum absolute atomic E-state index is 0.126. The molecule has 158 valence electrons. The van der Waals surface area contributed by atoms with Gasteiger partial charge in [-0.2, -0.15) is 5.26 Å². The molecule has 1 atom stereocenters. The largest absolute Gasteiger partial charge is 0.483 e. The first-order chi connectivity index (χ1) is 14.1. The number of anilines is 1. The van der Waals surface area contributed by atoms with E-state index in [4.69, 9.17) is 17.0 Å². The highest BCUT2D eigenvalue weighted by Crippen LogP contribution is 2.36. The van der Waals surface area contributed by atoms with E-state index in [1.54, 1.807) is 0 Å². The van der Waals surface area contributed by atoms with Crippen LogP contribution in [-0.4, -0.2) is 12.5 Å². The van der Waals surface area contributed by atoms with Crippen molar-refractivity contribution in [1.29, 1.82) is 5.26 Å². The molecule has 1 heterocycles. The van der Waals surface area contributed by atoms with Crippen LogP contribution in [0.1, 0.15) is 56.4 Å². The molecule has 0 saturated heterocycles. The SMILES string of the molecule is CC1CCc2c(C#N)c(NC(=O)COc3ccc(Br)cc3C(C)(C)C)sc(=S)c2C1. The lowest BCUT2D eigenvalue weighted by atomic mass is 9.85. The molecule has 0 aliphatic heterocycles. The molecule has 7 heteroatoms. The Morgan fingerprint density at radius 1 is 1.40 bits per heavy atom. The van der Waals surface area contributed by atoms with Crippen LogP contribution in [0, 0.1) is 21.1 Å². The molecule has 0 spiro atoms. The zero-order valence-electron chi connectivity index (χ0n) is 17.6. The van der Waals surface area contributed by atoms with Gasteiger partial charge in [0, 0.05) is 10.0 Å². The van der Waals surface area contributed by atoms with Gasteiger partial charge in [0.2, 0.25) is 0 Å². The molecule has 0 saturated carbocycles. The second-order valence-corrected chi connectivity index (χ2v) is 11.3. The number of carbonyl (C=O) groups is 1. The Kier molecular flexibility index (Phi) is 7.01. The Labute approximate surface area is 195 Å². The highest BCUT2D eigenvalue weighted by Gasteiger charge is 2.24. The van der Waals surface area contributed by atoms with Gasteiger partial charge >= 0.3 is 0 Å². The van der Waals surface area contributed by atoms with Gasteiger partial charge in [-0.3, -0.25) is 4.79 Å². The molecule has 2 aromatic rings. The number of rotatable bonds is 4. The fourth-order valence-corrected chi connectivity index (χ4v) is 5.44. The topological polar surface area (TPSA) is 62.1 Å². The van der Waals surface area contributed by atoms with E-state index >= 15 is 0 Å². The maximum Gasteiger partial charge on any atom is 0.262 e. The Morgan fingerprint density at radius 3 is 2.80 bits per heavy atom. The number of nitrogens with one attached hydrogen (secondary N) is 1. The van der Waals surface area contributed by atoms with Gasteiger partial charge in [0.15, 0.2) is 6.61 Å². The maximum atomic E-state index is 12.6. The normalized spacial score (nSPS) is 15.8. The number of ether oxygens (including phenoxy) is 1. The van der Waals surface area contributed by atoms with E-state index in [1.807, 2.05) is 18.2 Å². The number of benzene rings is 1. The molecular formula is C23H25BrN2O2S2. The van der Waals surface area contributed by atoms with E-state index in [1.165, 1.54) is 11.3 Å². The summed E-state index contributed by atoms with van der Waals surface area (Å²) in [5.74, 6) is 0.937. The molecule has 1 aliphatic carbocycles. The predicted octanol–water partition coefficient (Wildman–Crippen LogP) is 6.55. The van der Waals surface area contributed by atoms with Crippen LogP contribution in [-0.2, 0) is 23.1 Å². The van der Waals surface area contributed by atoms with Gasteiger partial charge in [-0.05, 0) is 59.9 Å². The third-order valence-corrected chi connectivity index (χ3v) is 7.18. The number of hydrogen-bond donors (Lipinski definition) is 1. The predicted molar refractivity (Wildman–Crippen MR) is 128 cm³/mol. The van der Waals surface area contributed by atoms with Crippen LogP contribution in [0.2, 0.25) is 0 Å². The smallest absolute Gasteiger partial charge is 0.262 e. The zero-order valence-corrected chi connectivity index (χ0v) is 20.8. The number of amides is 1. The quantitative estimate of drug-likeness (QED) is 0.479. The standard InChI is InChI=1S/C23H25BrN2O2S2/c1-13-5-7-15-16(9-13)22(29)30-21(17(15)11-25)26-20(27)12-28-19-8-6-14(24)10-18(19)23(2,3)4/h6,8,10,13H,5,7,9,12H2,1-4H3,(H,26,27). The molecule has 1 aromatic carbocycles. The van der Waals surface area contributed by atoms with E-state index < -0.39 is 0 Å². The van der Waals surface area contributed by atoms with Gasteiger partial charge in [-0.25, -0.2) is 0 Å². The summed E-state index contributed by atoms with van der Waals surface area (Å²) in [5, 5.41) is 13.1. The molecule has 1 aromatic heterocycles. The van der Waals surface area contributed by atoms with Gasteiger partial charge in [-0.15, -0.1) is 11.3 Å². The Balaban J connectivity index is 1.79. The highest BCUT2D eigenvalue weighted by molar-refractivity contribution is 9.10. The summed E-state index contributed by atoms with van der Waals surface area (Å²) in [6.07, 6.45) is 2.75. The number of halogens is 1. The van der Waals surface area contributed by atoms with Crippen molar-refractivity contribution >= 4 is 50.4 Å². The van der Waals surface area contributed by atoms with Crippen molar-refractivity contribution in [2.24, 2.45) is 5.92 Å². The van der Waals surface area contributed by atoms with Gasteiger partial charge in [0.1, 0.15) is 16.8 Å². The molecule has 1 aliphatic rings. The van der Waals surface area contributed by atoms with Crippen molar-refractivity contribution in [3.63, 3.8) is 0 Å². The molecule has 4 nitrogen and oxygen atoms in total. The van der Waals surface area contributed by atoms with E-state index in [-0.39, 0.29) is 17.9 Å². The summed E-state index contributed by atoms with van der Waals surface area (Å²) in [6.45, 7) is 8.36. The maximum absolute atomic E-state index is 12.6. The van der Waals surface area contributed by atoms with Crippen LogP contribution in [0.3, 0.4) is 0 Å². The second-order valence-electron chi connectivity index (χ2n) is 8.74. The minimum atomic E-state index is -0.302. The van der Waals surface area contributed by atoms with Crippen molar-refractivity contribution in [2.75, 3.05) is 11.9 Å². The van der Waals surface area contributed by atoms with Crippen LogP contribution in [0.5, 0.6) is 5.75 Å². The molecule has 1 amide bonds. The molecule has 0 fully saturated rings. The highest BCUT2D eigenvalue weighted by atomic mass is 79.9. The Bertz CT molecular complexity index is 1080. The lowest BCUT2D eigenvalue weighted by Crippen LogP contribution is -2.23. The monoisotopic (exact) mass is 504 g/mol. The lowest BCUT2D eigenvalue weighted by molar-refractivity contribution is -0.118. The van der Waals surface area contributed by atoms with E-state index in [9.17, 15) is 10.1 Å². The summed E-state index contributed by atoms with van der Waals surface area (Å²) in [4.78, 5) is 12.6. The van der Waals surface area contributed by atoms with Crippen LogP contribution in [0.4, 0.5) is 5.00 Å². The number of nitrogens with zero attached hydrogens (tertiary/aromatic N) is 1. The average molecular weight is 506 g/mol. The van der Waals surface area contributed by atoms with Crippen molar-refractivity contribution in [1.82, 2.24) is 0 Å². The van der Waals surface area contributed by atoms with Crippen molar-refractivity contribution in [2.45, 2.75) is 52.4 Å². The van der Waals surface area contributed by atoms with Crippen LogP contribution in [0.25, 0.3) is 0 Å². The van der Waals surface area contributed by atoms with Gasteiger partial charge in [0.05, 0.1) is 9.39 Å². The molecule has 1 N–H and O–H groups in total. The first kappa shape index (κ1) is 22.9.